The lowest BCUT2D eigenvalue weighted by Crippen LogP contribution is -2.32. The van der Waals surface area contributed by atoms with E-state index in [1.807, 2.05) is 6.92 Å². The van der Waals surface area contributed by atoms with Gasteiger partial charge in [-0.1, -0.05) is 6.92 Å². The third kappa shape index (κ3) is 4.01. The van der Waals surface area contributed by atoms with Gasteiger partial charge >= 0.3 is 0 Å². The van der Waals surface area contributed by atoms with Gasteiger partial charge in [0.15, 0.2) is 5.76 Å². The smallest absolute Gasteiger partial charge is 0.294 e. The molecule has 0 aliphatic carbocycles. The minimum absolute atomic E-state index is 0.157. The molecule has 0 spiro atoms. The molecule has 2 rings (SSSR count). The molecule has 0 aliphatic rings. The van der Waals surface area contributed by atoms with E-state index < -0.39 is 5.91 Å². The minimum Gasteiger partial charge on any atom is -0.467 e. The summed E-state index contributed by atoms with van der Waals surface area (Å²) in [7, 11) is 0. The fourth-order valence-corrected chi connectivity index (χ4v) is 1.44. The Morgan fingerprint density at radius 2 is 2.10 bits per heavy atom. The maximum absolute atomic E-state index is 11.9. The van der Waals surface area contributed by atoms with Crippen molar-refractivity contribution in [1.82, 2.24) is 5.32 Å². The first kappa shape index (κ1) is 13.9. The van der Waals surface area contributed by atoms with E-state index in [-0.39, 0.29) is 11.8 Å². The van der Waals surface area contributed by atoms with Gasteiger partial charge in [-0.05, 0) is 30.7 Å². The van der Waals surface area contributed by atoms with Gasteiger partial charge in [0.25, 0.3) is 11.9 Å². The molecule has 20 heavy (non-hydrogen) atoms. The Morgan fingerprint density at radius 3 is 2.75 bits per heavy atom. The first-order chi connectivity index (χ1) is 9.79. The van der Waals surface area contributed by atoms with Gasteiger partial charge in [-0.15, -0.1) is 0 Å². The number of aliphatic imine (C=N–C) groups is 1. The predicted octanol–water partition coefficient (Wildman–Crippen LogP) is 2.59. The number of amidine groups is 1. The van der Waals surface area contributed by atoms with Crippen LogP contribution >= 0.6 is 0 Å². The molecule has 0 radical (unpaired) electrons. The molecule has 1 amide bonds. The average molecular weight is 276 g/mol. The second-order valence-electron chi connectivity index (χ2n) is 3.98. The summed E-state index contributed by atoms with van der Waals surface area (Å²) in [5.41, 5.74) is 0. The van der Waals surface area contributed by atoms with Gasteiger partial charge in [0.05, 0.1) is 19.1 Å². The van der Waals surface area contributed by atoms with E-state index in [4.69, 9.17) is 13.6 Å². The predicted molar refractivity (Wildman–Crippen MR) is 72.3 cm³/mol. The maximum atomic E-state index is 11.9. The Kier molecular flexibility index (Phi) is 5.00. The van der Waals surface area contributed by atoms with Crippen LogP contribution < -0.4 is 5.32 Å². The number of carbonyl (C=O) groups is 1. The number of amides is 1. The molecule has 0 unspecified atom stereocenters. The van der Waals surface area contributed by atoms with Crippen LogP contribution in [0.4, 0.5) is 0 Å². The lowest BCUT2D eigenvalue weighted by Gasteiger charge is -2.08. The molecule has 1 N–H and O–H groups in total. The highest BCUT2D eigenvalue weighted by Crippen LogP contribution is 2.03. The van der Waals surface area contributed by atoms with Crippen LogP contribution in [0.5, 0.6) is 0 Å². The molecule has 2 heterocycles. The highest BCUT2D eigenvalue weighted by Gasteiger charge is 2.12. The molecular weight excluding hydrogens is 260 g/mol. The Balaban J connectivity index is 1.99. The van der Waals surface area contributed by atoms with E-state index in [2.05, 4.69) is 10.3 Å². The Labute approximate surface area is 116 Å². The Morgan fingerprint density at radius 1 is 1.30 bits per heavy atom. The zero-order valence-electron chi connectivity index (χ0n) is 11.2. The molecule has 0 saturated heterocycles. The second kappa shape index (κ2) is 7.18. The highest BCUT2D eigenvalue weighted by molar-refractivity contribution is 6.02. The number of rotatable bonds is 5. The average Bonchev–Trinajstić information content (AvgIpc) is 3.13. The highest BCUT2D eigenvalue weighted by atomic mass is 16.5. The SMILES string of the molecule is CCCOC(=NCc1ccco1)NC(=O)c1ccco1. The molecule has 6 nitrogen and oxygen atoms in total. The summed E-state index contributed by atoms with van der Waals surface area (Å²) in [5.74, 6) is 0.495. The molecule has 2 aromatic rings. The van der Waals surface area contributed by atoms with Crippen molar-refractivity contribution >= 4 is 11.9 Å². The van der Waals surface area contributed by atoms with Crippen LogP contribution in [0, 0.1) is 0 Å². The summed E-state index contributed by atoms with van der Waals surface area (Å²) < 4.78 is 15.6. The van der Waals surface area contributed by atoms with E-state index in [0.717, 1.165) is 6.42 Å². The van der Waals surface area contributed by atoms with Crippen molar-refractivity contribution in [3.05, 3.63) is 48.3 Å². The topological polar surface area (TPSA) is 77.0 Å². The largest absolute Gasteiger partial charge is 0.467 e. The lowest BCUT2D eigenvalue weighted by atomic mass is 10.4. The number of ether oxygens (including phenoxy) is 1. The zero-order chi connectivity index (χ0) is 14.2. The summed E-state index contributed by atoms with van der Waals surface area (Å²) in [6.07, 6.45) is 3.82. The van der Waals surface area contributed by atoms with Gasteiger partial charge in [0.2, 0.25) is 0 Å². The number of nitrogens with one attached hydrogen (secondary N) is 1. The fraction of sp³-hybridized carbons (Fsp3) is 0.286. The number of carbonyl (C=O) groups excluding carboxylic acids is 1. The molecule has 0 atom stereocenters. The third-order valence-corrected chi connectivity index (χ3v) is 2.37. The van der Waals surface area contributed by atoms with Gasteiger partial charge in [-0.25, -0.2) is 4.99 Å². The first-order valence-electron chi connectivity index (χ1n) is 6.34. The number of nitrogens with zero attached hydrogens (tertiary/aromatic N) is 1. The van der Waals surface area contributed by atoms with Gasteiger partial charge < -0.3 is 13.6 Å². The minimum atomic E-state index is -0.399. The maximum Gasteiger partial charge on any atom is 0.294 e. The molecule has 106 valence electrons. The van der Waals surface area contributed by atoms with E-state index in [9.17, 15) is 4.79 Å². The Hall–Kier alpha value is -2.50. The molecule has 0 fully saturated rings. The zero-order valence-corrected chi connectivity index (χ0v) is 11.2. The number of furan rings is 2. The Bertz CT molecular complexity index is 544. The van der Waals surface area contributed by atoms with Crippen molar-refractivity contribution in [3.63, 3.8) is 0 Å². The molecular formula is C14H16N2O4. The van der Waals surface area contributed by atoms with Crippen molar-refractivity contribution in [1.29, 1.82) is 0 Å². The van der Waals surface area contributed by atoms with E-state index in [0.29, 0.717) is 18.9 Å². The summed E-state index contributed by atoms with van der Waals surface area (Å²) in [6, 6.07) is 6.94. The standard InChI is InChI=1S/C14H16N2O4/c1-2-7-20-14(15-10-11-5-3-8-18-11)16-13(17)12-6-4-9-19-12/h3-6,8-9H,2,7,10H2,1H3,(H,15,16,17). The second-order valence-corrected chi connectivity index (χ2v) is 3.98. The molecule has 2 aromatic heterocycles. The molecule has 0 saturated carbocycles. The van der Waals surface area contributed by atoms with Crippen LogP contribution in [0.2, 0.25) is 0 Å². The van der Waals surface area contributed by atoms with Crippen LogP contribution in [0.25, 0.3) is 0 Å². The van der Waals surface area contributed by atoms with Crippen molar-refractivity contribution in [2.45, 2.75) is 19.9 Å². The van der Waals surface area contributed by atoms with Gasteiger partial charge in [0.1, 0.15) is 12.3 Å². The first-order valence-corrected chi connectivity index (χ1v) is 6.34. The quantitative estimate of drug-likeness (QED) is 0.672. The van der Waals surface area contributed by atoms with Crippen molar-refractivity contribution in [2.24, 2.45) is 4.99 Å². The summed E-state index contributed by atoms with van der Waals surface area (Å²) in [6.45, 7) is 2.73. The molecule has 6 heteroatoms. The summed E-state index contributed by atoms with van der Waals surface area (Å²) in [4.78, 5) is 16.0. The van der Waals surface area contributed by atoms with E-state index >= 15 is 0 Å². The van der Waals surface area contributed by atoms with Crippen LogP contribution in [0.15, 0.2) is 50.6 Å². The molecule has 0 aliphatic heterocycles. The molecule has 0 aromatic carbocycles. The lowest BCUT2D eigenvalue weighted by molar-refractivity contribution is 0.0938. The molecule has 0 bridgehead atoms. The fourth-order valence-electron chi connectivity index (χ4n) is 1.44. The summed E-state index contributed by atoms with van der Waals surface area (Å²) >= 11 is 0. The van der Waals surface area contributed by atoms with Crippen molar-refractivity contribution in [2.75, 3.05) is 6.61 Å². The third-order valence-electron chi connectivity index (χ3n) is 2.37. The van der Waals surface area contributed by atoms with Gasteiger partial charge in [0, 0.05) is 0 Å². The number of hydrogen-bond acceptors (Lipinski definition) is 5. The van der Waals surface area contributed by atoms with Crippen LogP contribution in [-0.4, -0.2) is 18.5 Å². The van der Waals surface area contributed by atoms with Crippen LogP contribution in [-0.2, 0) is 11.3 Å². The van der Waals surface area contributed by atoms with Crippen LogP contribution in [0.1, 0.15) is 29.7 Å². The van der Waals surface area contributed by atoms with Gasteiger partial charge in [-0.3, -0.25) is 10.1 Å². The van der Waals surface area contributed by atoms with Crippen LogP contribution in [0.3, 0.4) is 0 Å². The van der Waals surface area contributed by atoms with Crippen molar-refractivity contribution < 1.29 is 18.4 Å². The summed E-state index contributed by atoms with van der Waals surface area (Å²) in [5, 5.41) is 2.57. The van der Waals surface area contributed by atoms with E-state index in [1.54, 1.807) is 30.5 Å². The van der Waals surface area contributed by atoms with Gasteiger partial charge in [-0.2, -0.15) is 0 Å². The monoisotopic (exact) mass is 276 g/mol. The van der Waals surface area contributed by atoms with Crippen molar-refractivity contribution in [3.8, 4) is 0 Å². The number of hydrogen-bond donors (Lipinski definition) is 1. The van der Waals surface area contributed by atoms with E-state index in [1.165, 1.54) is 6.26 Å². The normalized spacial score (nSPS) is 11.3.